The molecule has 1 saturated carbocycles. The molecule has 5 nitrogen and oxygen atoms in total. The van der Waals surface area contributed by atoms with Crippen LogP contribution in [0.4, 0.5) is 0 Å². The van der Waals surface area contributed by atoms with E-state index in [0.29, 0.717) is 12.3 Å². The fourth-order valence-corrected chi connectivity index (χ4v) is 3.92. The molecule has 2 fully saturated rings. The summed E-state index contributed by atoms with van der Waals surface area (Å²) >= 11 is 0. The van der Waals surface area contributed by atoms with Crippen LogP contribution in [0.1, 0.15) is 70.6 Å². The zero-order valence-corrected chi connectivity index (χ0v) is 14.9. The summed E-state index contributed by atoms with van der Waals surface area (Å²) < 4.78 is 16.5. The summed E-state index contributed by atoms with van der Waals surface area (Å²) in [5.74, 6) is 0.329. The number of esters is 1. The Labute approximate surface area is 145 Å². The average molecular weight is 340 g/mol. The third kappa shape index (κ3) is 6.17. The van der Waals surface area contributed by atoms with Gasteiger partial charge in [0.2, 0.25) is 0 Å². The molecule has 4 atom stereocenters. The van der Waals surface area contributed by atoms with Crippen molar-refractivity contribution in [2.75, 3.05) is 13.7 Å². The Morgan fingerprint density at radius 1 is 1.12 bits per heavy atom. The second kappa shape index (κ2) is 10.8. The fourth-order valence-electron chi connectivity index (χ4n) is 3.92. The monoisotopic (exact) mass is 340 g/mol. The van der Waals surface area contributed by atoms with E-state index in [4.69, 9.17) is 9.47 Å². The van der Waals surface area contributed by atoms with Crippen molar-refractivity contribution in [3.05, 3.63) is 0 Å². The lowest BCUT2D eigenvalue weighted by Crippen LogP contribution is -2.31. The van der Waals surface area contributed by atoms with Crippen LogP contribution in [-0.4, -0.2) is 38.4 Å². The summed E-state index contributed by atoms with van der Waals surface area (Å²) in [6.45, 7) is 0.791. The molecule has 24 heavy (non-hydrogen) atoms. The summed E-state index contributed by atoms with van der Waals surface area (Å²) in [5.41, 5.74) is 0. The number of hydrogen-bond donors (Lipinski definition) is 0. The van der Waals surface area contributed by atoms with Crippen molar-refractivity contribution in [2.24, 2.45) is 11.8 Å². The Morgan fingerprint density at radius 3 is 2.67 bits per heavy atom. The molecule has 0 amide bonds. The highest BCUT2D eigenvalue weighted by atomic mass is 16.7. The standard InChI is InChI=1S/C19H32O5/c1-22-18(21)9-5-3-2-4-8-16-15(14-20)11-12-17(16)24-19-10-6-7-13-23-19/h14-17,19H,2-13H2,1H3. The number of aldehydes is 1. The summed E-state index contributed by atoms with van der Waals surface area (Å²) in [6.07, 6.45) is 12.0. The van der Waals surface area contributed by atoms with Gasteiger partial charge in [-0.15, -0.1) is 0 Å². The van der Waals surface area contributed by atoms with Crippen molar-refractivity contribution in [1.29, 1.82) is 0 Å². The Hall–Kier alpha value is -0.940. The number of carbonyl (C=O) groups excluding carboxylic acids is 2. The molecule has 5 heteroatoms. The van der Waals surface area contributed by atoms with E-state index >= 15 is 0 Å². The molecule has 0 bridgehead atoms. The molecule has 2 aliphatic rings. The van der Waals surface area contributed by atoms with Crippen LogP contribution in [-0.2, 0) is 23.8 Å². The molecule has 0 radical (unpaired) electrons. The maximum atomic E-state index is 11.4. The maximum absolute atomic E-state index is 11.4. The molecule has 4 unspecified atom stereocenters. The van der Waals surface area contributed by atoms with E-state index in [1.165, 1.54) is 13.5 Å². The van der Waals surface area contributed by atoms with Gasteiger partial charge in [-0.3, -0.25) is 4.79 Å². The van der Waals surface area contributed by atoms with Gasteiger partial charge in [-0.1, -0.05) is 19.3 Å². The van der Waals surface area contributed by atoms with E-state index < -0.39 is 0 Å². The highest BCUT2D eigenvalue weighted by molar-refractivity contribution is 5.68. The summed E-state index contributed by atoms with van der Waals surface area (Å²) in [4.78, 5) is 22.4. The van der Waals surface area contributed by atoms with Gasteiger partial charge in [-0.25, -0.2) is 0 Å². The number of unbranched alkanes of at least 4 members (excludes halogenated alkanes) is 3. The topological polar surface area (TPSA) is 61.8 Å². The number of rotatable bonds is 10. The molecular formula is C19H32O5. The normalized spacial score (nSPS) is 30.2. The third-order valence-electron chi connectivity index (χ3n) is 5.35. The lowest BCUT2D eigenvalue weighted by atomic mass is 9.90. The Balaban J connectivity index is 1.68. The minimum absolute atomic E-state index is 0.0725. The van der Waals surface area contributed by atoms with Gasteiger partial charge in [0.25, 0.3) is 0 Å². The Morgan fingerprint density at radius 2 is 1.96 bits per heavy atom. The first-order chi connectivity index (χ1) is 11.7. The molecule has 2 rings (SSSR count). The van der Waals surface area contributed by atoms with Gasteiger partial charge >= 0.3 is 5.97 Å². The first kappa shape index (κ1) is 19.4. The van der Waals surface area contributed by atoms with Crippen LogP contribution >= 0.6 is 0 Å². The van der Waals surface area contributed by atoms with Crippen molar-refractivity contribution in [3.8, 4) is 0 Å². The second-order valence-electron chi connectivity index (χ2n) is 7.04. The van der Waals surface area contributed by atoms with Crippen molar-refractivity contribution in [2.45, 2.75) is 83.0 Å². The summed E-state index contributed by atoms with van der Waals surface area (Å²) in [6, 6.07) is 0. The van der Waals surface area contributed by atoms with Crippen molar-refractivity contribution in [1.82, 2.24) is 0 Å². The third-order valence-corrected chi connectivity index (χ3v) is 5.35. The SMILES string of the molecule is COC(=O)CCCCCCC1C(C=O)CCC1OC1CCCCO1. The van der Waals surface area contributed by atoms with E-state index in [9.17, 15) is 9.59 Å². The van der Waals surface area contributed by atoms with Gasteiger partial charge in [-0.2, -0.15) is 0 Å². The first-order valence-corrected chi connectivity index (χ1v) is 9.53. The van der Waals surface area contributed by atoms with Crippen molar-refractivity contribution >= 4 is 12.3 Å². The predicted molar refractivity (Wildman–Crippen MR) is 90.5 cm³/mol. The number of ether oxygens (including phenoxy) is 3. The number of hydrogen-bond acceptors (Lipinski definition) is 5. The van der Waals surface area contributed by atoms with Gasteiger partial charge in [0.1, 0.15) is 6.29 Å². The molecule has 1 saturated heterocycles. The van der Waals surface area contributed by atoms with Gasteiger partial charge in [0.15, 0.2) is 6.29 Å². The van der Waals surface area contributed by atoms with Crippen LogP contribution in [0.3, 0.4) is 0 Å². The highest BCUT2D eigenvalue weighted by Gasteiger charge is 2.37. The van der Waals surface area contributed by atoms with Gasteiger partial charge < -0.3 is 19.0 Å². The molecule has 0 aromatic rings. The lowest BCUT2D eigenvalue weighted by Gasteiger charge is -2.29. The van der Waals surface area contributed by atoms with Gasteiger partial charge in [0, 0.05) is 18.9 Å². The fraction of sp³-hybridized carbons (Fsp3) is 0.895. The average Bonchev–Trinajstić information content (AvgIpc) is 3.00. The first-order valence-electron chi connectivity index (χ1n) is 9.53. The van der Waals surface area contributed by atoms with E-state index in [1.54, 1.807) is 0 Å². The van der Waals surface area contributed by atoms with Crippen LogP contribution in [0, 0.1) is 11.8 Å². The van der Waals surface area contributed by atoms with Crippen LogP contribution in [0.2, 0.25) is 0 Å². The molecule has 1 heterocycles. The van der Waals surface area contributed by atoms with Crippen LogP contribution in [0.5, 0.6) is 0 Å². The van der Waals surface area contributed by atoms with Crippen LogP contribution in [0.25, 0.3) is 0 Å². The minimum Gasteiger partial charge on any atom is -0.469 e. The molecule has 138 valence electrons. The molecular weight excluding hydrogens is 308 g/mol. The smallest absolute Gasteiger partial charge is 0.305 e. The van der Waals surface area contributed by atoms with E-state index in [-0.39, 0.29) is 24.3 Å². The minimum atomic E-state index is -0.132. The predicted octanol–water partition coefficient (Wildman–Crippen LogP) is 3.64. The molecule has 0 aromatic heterocycles. The Kier molecular flexibility index (Phi) is 8.75. The molecule has 0 N–H and O–H groups in total. The van der Waals surface area contributed by atoms with Crippen molar-refractivity contribution in [3.63, 3.8) is 0 Å². The maximum Gasteiger partial charge on any atom is 0.305 e. The summed E-state index contributed by atoms with van der Waals surface area (Å²) in [7, 11) is 1.43. The Bertz CT molecular complexity index is 378. The van der Waals surface area contributed by atoms with Gasteiger partial charge in [-0.05, 0) is 50.9 Å². The molecule has 1 aliphatic carbocycles. The van der Waals surface area contributed by atoms with E-state index in [2.05, 4.69) is 4.74 Å². The van der Waals surface area contributed by atoms with Crippen LogP contribution < -0.4 is 0 Å². The summed E-state index contributed by atoms with van der Waals surface area (Å²) in [5, 5.41) is 0. The zero-order valence-electron chi connectivity index (χ0n) is 14.9. The number of methoxy groups -OCH3 is 1. The quantitative estimate of drug-likeness (QED) is 0.345. The molecule has 0 aromatic carbocycles. The largest absolute Gasteiger partial charge is 0.469 e. The number of carbonyl (C=O) groups is 2. The molecule has 1 aliphatic heterocycles. The van der Waals surface area contributed by atoms with E-state index in [1.807, 2.05) is 0 Å². The highest BCUT2D eigenvalue weighted by Crippen LogP contribution is 2.38. The second-order valence-corrected chi connectivity index (χ2v) is 7.04. The lowest BCUT2D eigenvalue weighted by molar-refractivity contribution is -0.196. The van der Waals surface area contributed by atoms with E-state index in [0.717, 1.165) is 70.7 Å². The van der Waals surface area contributed by atoms with Crippen LogP contribution in [0.15, 0.2) is 0 Å². The van der Waals surface area contributed by atoms with Gasteiger partial charge in [0.05, 0.1) is 13.2 Å². The zero-order chi connectivity index (χ0) is 17.2. The van der Waals surface area contributed by atoms with Crippen molar-refractivity contribution < 1.29 is 23.8 Å². The molecule has 0 spiro atoms.